The largest absolute Gasteiger partial charge is 0.550 e. The average Bonchev–Trinajstić information content (AvgIpc) is 2.54. The zero-order valence-electron chi connectivity index (χ0n) is 12.3. The number of hydrogen-bond donors (Lipinski definition) is 1. The fourth-order valence-corrected chi connectivity index (χ4v) is 2.83. The molecule has 0 bridgehead atoms. The lowest BCUT2D eigenvalue weighted by Crippen LogP contribution is -2.42. The normalized spacial score (nSPS) is 21.0. The minimum Gasteiger partial charge on any atom is -0.550 e. The molecule has 1 aliphatic carbocycles. The van der Waals surface area contributed by atoms with E-state index in [1.54, 1.807) is 24.3 Å². The van der Waals surface area contributed by atoms with Crippen molar-refractivity contribution in [3.05, 3.63) is 29.8 Å². The first kappa shape index (κ1) is 16.0. The standard InChI is InChI=1S/C16H19NO5/c1-22-16(21)12-8-4-5-9-13(12)17-14(18)10-6-2-3-7-11(10)15(19)20/h4-5,8-11H,2-3,6-7H2,1H3,(H,17,18)(H,19,20)/p-1/t10-,11+/m0/s1. The van der Waals surface area contributed by atoms with Gasteiger partial charge in [-0.1, -0.05) is 25.0 Å². The van der Waals surface area contributed by atoms with Crippen LogP contribution < -0.4 is 10.4 Å². The van der Waals surface area contributed by atoms with Crippen LogP contribution in [0, 0.1) is 11.8 Å². The molecule has 2 atom stereocenters. The number of anilines is 1. The van der Waals surface area contributed by atoms with Gasteiger partial charge >= 0.3 is 5.97 Å². The predicted octanol–water partition coefficient (Wildman–Crippen LogP) is 0.968. The highest BCUT2D eigenvalue weighted by molar-refractivity contribution is 6.02. The van der Waals surface area contributed by atoms with Gasteiger partial charge in [0.25, 0.3) is 0 Å². The van der Waals surface area contributed by atoms with Gasteiger partial charge in [0, 0.05) is 17.8 Å². The Morgan fingerprint density at radius 1 is 1.14 bits per heavy atom. The van der Waals surface area contributed by atoms with E-state index in [4.69, 9.17) is 0 Å². The number of aliphatic carboxylic acids is 1. The Hall–Kier alpha value is -2.37. The maximum Gasteiger partial charge on any atom is 0.339 e. The molecular weight excluding hydrogens is 286 g/mol. The highest BCUT2D eigenvalue weighted by Gasteiger charge is 2.32. The van der Waals surface area contributed by atoms with E-state index in [2.05, 4.69) is 10.1 Å². The number of esters is 1. The van der Waals surface area contributed by atoms with E-state index in [1.165, 1.54) is 7.11 Å². The molecule has 6 heteroatoms. The smallest absolute Gasteiger partial charge is 0.339 e. The van der Waals surface area contributed by atoms with Crippen LogP contribution in [0.4, 0.5) is 5.69 Å². The lowest BCUT2D eigenvalue weighted by atomic mass is 9.78. The number of benzene rings is 1. The molecule has 0 unspecified atom stereocenters. The van der Waals surface area contributed by atoms with Gasteiger partial charge in [-0.15, -0.1) is 0 Å². The van der Waals surface area contributed by atoms with Gasteiger partial charge in [0.05, 0.1) is 18.4 Å². The molecule has 1 saturated carbocycles. The van der Waals surface area contributed by atoms with Crippen LogP contribution in [0.5, 0.6) is 0 Å². The molecule has 1 fully saturated rings. The maximum absolute atomic E-state index is 12.4. The molecule has 1 aromatic carbocycles. The summed E-state index contributed by atoms with van der Waals surface area (Å²) in [6.45, 7) is 0. The van der Waals surface area contributed by atoms with Crippen molar-refractivity contribution in [2.45, 2.75) is 25.7 Å². The summed E-state index contributed by atoms with van der Waals surface area (Å²) in [7, 11) is 1.26. The molecule has 118 valence electrons. The summed E-state index contributed by atoms with van der Waals surface area (Å²) < 4.78 is 4.67. The Morgan fingerprint density at radius 2 is 1.77 bits per heavy atom. The lowest BCUT2D eigenvalue weighted by Gasteiger charge is -2.31. The van der Waals surface area contributed by atoms with E-state index in [0.29, 0.717) is 18.5 Å². The molecule has 0 radical (unpaired) electrons. The molecule has 0 aliphatic heterocycles. The van der Waals surface area contributed by atoms with E-state index < -0.39 is 29.7 Å². The van der Waals surface area contributed by atoms with E-state index in [-0.39, 0.29) is 5.56 Å². The molecule has 22 heavy (non-hydrogen) atoms. The first-order chi connectivity index (χ1) is 10.5. The van der Waals surface area contributed by atoms with Crippen LogP contribution in [0.2, 0.25) is 0 Å². The fourth-order valence-electron chi connectivity index (χ4n) is 2.83. The quantitative estimate of drug-likeness (QED) is 0.836. The van der Waals surface area contributed by atoms with Crippen LogP contribution in [-0.4, -0.2) is 25.0 Å². The van der Waals surface area contributed by atoms with Crippen molar-refractivity contribution in [2.75, 3.05) is 12.4 Å². The third-order valence-corrected chi connectivity index (χ3v) is 4.00. The highest BCUT2D eigenvalue weighted by Crippen LogP contribution is 2.31. The number of rotatable bonds is 4. The van der Waals surface area contributed by atoms with E-state index in [9.17, 15) is 19.5 Å². The topological polar surface area (TPSA) is 95.5 Å². The Bertz CT molecular complexity index is 584. The minimum absolute atomic E-state index is 0.235. The first-order valence-corrected chi connectivity index (χ1v) is 7.23. The number of carboxylic acids is 1. The summed E-state index contributed by atoms with van der Waals surface area (Å²) in [4.78, 5) is 35.3. The molecule has 1 amide bonds. The molecule has 0 heterocycles. The van der Waals surface area contributed by atoms with Gasteiger partial charge in [-0.3, -0.25) is 4.79 Å². The SMILES string of the molecule is COC(=O)c1ccccc1NC(=O)[C@H]1CCCC[C@H]1C(=O)[O-]. The first-order valence-electron chi connectivity index (χ1n) is 7.23. The monoisotopic (exact) mass is 304 g/mol. The van der Waals surface area contributed by atoms with Gasteiger partial charge in [-0.2, -0.15) is 0 Å². The van der Waals surface area contributed by atoms with E-state index in [0.717, 1.165) is 12.8 Å². The third-order valence-electron chi connectivity index (χ3n) is 4.00. The van der Waals surface area contributed by atoms with Gasteiger partial charge in [-0.05, 0) is 25.0 Å². The van der Waals surface area contributed by atoms with Crippen LogP contribution in [0.3, 0.4) is 0 Å². The van der Waals surface area contributed by atoms with Crippen molar-refractivity contribution in [1.29, 1.82) is 0 Å². The number of hydrogen-bond acceptors (Lipinski definition) is 5. The van der Waals surface area contributed by atoms with E-state index in [1.807, 2.05) is 0 Å². The van der Waals surface area contributed by atoms with Crippen LogP contribution in [-0.2, 0) is 14.3 Å². The van der Waals surface area contributed by atoms with Gasteiger partial charge in [0.1, 0.15) is 0 Å². The minimum atomic E-state index is -1.19. The molecule has 2 rings (SSSR count). The molecule has 0 saturated heterocycles. The zero-order chi connectivity index (χ0) is 16.1. The highest BCUT2D eigenvalue weighted by atomic mass is 16.5. The number of carboxylic acid groups (broad SMARTS) is 1. The second-order valence-corrected chi connectivity index (χ2v) is 5.34. The number of para-hydroxylation sites is 1. The summed E-state index contributed by atoms with van der Waals surface area (Å²) >= 11 is 0. The van der Waals surface area contributed by atoms with Gasteiger partial charge in [0.2, 0.25) is 5.91 Å². The molecule has 1 N–H and O–H groups in total. The molecule has 1 aromatic rings. The van der Waals surface area contributed by atoms with Gasteiger partial charge in [-0.25, -0.2) is 4.79 Å². The Kier molecular flexibility index (Phi) is 5.14. The van der Waals surface area contributed by atoms with Crippen LogP contribution in [0.1, 0.15) is 36.0 Å². The predicted molar refractivity (Wildman–Crippen MR) is 76.9 cm³/mol. The molecule has 6 nitrogen and oxygen atoms in total. The number of carbonyl (C=O) groups is 3. The van der Waals surface area contributed by atoms with E-state index >= 15 is 0 Å². The summed E-state index contributed by atoms with van der Waals surface area (Å²) in [5.41, 5.74) is 0.557. The van der Waals surface area contributed by atoms with Crippen molar-refractivity contribution in [2.24, 2.45) is 11.8 Å². The van der Waals surface area contributed by atoms with Crippen molar-refractivity contribution in [1.82, 2.24) is 0 Å². The Morgan fingerprint density at radius 3 is 2.41 bits per heavy atom. The van der Waals surface area contributed by atoms with Crippen LogP contribution in [0.15, 0.2) is 24.3 Å². The van der Waals surface area contributed by atoms with Gasteiger partial charge < -0.3 is 20.0 Å². The maximum atomic E-state index is 12.4. The summed E-state index contributed by atoms with van der Waals surface area (Å²) in [6.07, 6.45) is 2.53. The van der Waals surface area contributed by atoms with Crippen LogP contribution >= 0.6 is 0 Å². The second-order valence-electron chi connectivity index (χ2n) is 5.34. The van der Waals surface area contributed by atoms with Crippen molar-refractivity contribution < 1.29 is 24.2 Å². The molecule has 1 aliphatic rings. The Labute approximate surface area is 128 Å². The Balaban J connectivity index is 2.18. The van der Waals surface area contributed by atoms with Crippen molar-refractivity contribution >= 4 is 23.5 Å². The number of methoxy groups -OCH3 is 1. The third kappa shape index (κ3) is 3.44. The lowest BCUT2D eigenvalue weighted by molar-refractivity contribution is -0.313. The summed E-state index contributed by atoms with van der Waals surface area (Å²) in [5, 5.41) is 13.8. The molecule has 0 aromatic heterocycles. The van der Waals surface area contributed by atoms with Crippen LogP contribution in [0.25, 0.3) is 0 Å². The zero-order valence-corrected chi connectivity index (χ0v) is 12.3. The molecular formula is C16H18NO5-. The number of nitrogens with one attached hydrogen (secondary N) is 1. The number of amides is 1. The molecule has 0 spiro atoms. The summed E-state index contributed by atoms with van der Waals surface area (Å²) in [5.74, 6) is -3.56. The van der Waals surface area contributed by atoms with Gasteiger partial charge in [0.15, 0.2) is 0 Å². The summed E-state index contributed by atoms with van der Waals surface area (Å²) in [6, 6.07) is 6.46. The number of carbonyl (C=O) groups excluding carboxylic acids is 3. The van der Waals surface area contributed by atoms with Crippen molar-refractivity contribution in [3.63, 3.8) is 0 Å². The second kappa shape index (κ2) is 7.06. The number of ether oxygens (including phenoxy) is 1. The fraction of sp³-hybridized carbons (Fsp3) is 0.438. The average molecular weight is 304 g/mol. The van der Waals surface area contributed by atoms with Crippen molar-refractivity contribution in [3.8, 4) is 0 Å².